The number of carbonyl (C=O) groups excluding carboxylic acids is 1. The Balaban J connectivity index is 1.45. The number of nitrogens with one attached hydrogen (secondary N) is 2. The molecule has 0 unspecified atom stereocenters. The fourth-order valence-corrected chi connectivity index (χ4v) is 4.27. The molecular formula is C28H27N5O2. The van der Waals surface area contributed by atoms with Gasteiger partial charge in [0.1, 0.15) is 0 Å². The minimum atomic E-state index is -0.245. The molecule has 176 valence electrons. The molecule has 1 saturated heterocycles. The second-order valence-electron chi connectivity index (χ2n) is 8.43. The number of benzene rings is 3. The molecule has 35 heavy (non-hydrogen) atoms. The third kappa shape index (κ3) is 5.00. The SMILES string of the molecule is C=CC(=O)Nc1cccc(-c2c(C)ccc3cnc(Nc4ccc(N5CCOCC5)cc4)nc23)c1. The molecule has 1 aromatic heterocycles. The van der Waals surface area contributed by atoms with E-state index in [0.29, 0.717) is 11.6 Å². The number of carbonyl (C=O) groups is 1. The van der Waals surface area contributed by atoms with Crippen LogP contribution in [0.25, 0.3) is 22.0 Å². The van der Waals surface area contributed by atoms with Crippen molar-refractivity contribution in [3.05, 3.63) is 85.1 Å². The standard InChI is InChI=1S/C28H27N5O2/c1-3-25(34)30-23-6-4-5-20(17-23)26-19(2)7-8-21-18-29-28(32-27(21)26)31-22-9-11-24(12-10-22)33-13-15-35-16-14-33/h3-12,17-18H,1,13-16H2,2H3,(H,30,34)(H,29,31,32). The molecule has 5 rings (SSSR count). The number of hydrogen-bond acceptors (Lipinski definition) is 6. The number of hydrogen-bond donors (Lipinski definition) is 2. The van der Waals surface area contributed by atoms with Gasteiger partial charge in [-0.05, 0) is 60.5 Å². The van der Waals surface area contributed by atoms with Gasteiger partial charge in [-0.25, -0.2) is 9.97 Å². The van der Waals surface area contributed by atoms with E-state index in [9.17, 15) is 4.79 Å². The number of aryl methyl sites for hydroxylation is 1. The minimum absolute atomic E-state index is 0.245. The first-order valence-electron chi connectivity index (χ1n) is 11.6. The van der Waals surface area contributed by atoms with E-state index in [4.69, 9.17) is 9.72 Å². The lowest BCUT2D eigenvalue weighted by Crippen LogP contribution is -2.36. The maximum Gasteiger partial charge on any atom is 0.247 e. The number of aromatic nitrogens is 2. The Kier molecular flexibility index (Phi) is 6.41. The maximum atomic E-state index is 11.8. The molecule has 0 spiro atoms. The van der Waals surface area contributed by atoms with Crippen LogP contribution in [0.5, 0.6) is 0 Å². The fourth-order valence-electron chi connectivity index (χ4n) is 4.27. The summed E-state index contributed by atoms with van der Waals surface area (Å²) in [6.45, 7) is 8.91. The van der Waals surface area contributed by atoms with Gasteiger partial charge in [-0.15, -0.1) is 0 Å². The first kappa shape index (κ1) is 22.6. The molecule has 2 heterocycles. The Hall–Kier alpha value is -4.23. The van der Waals surface area contributed by atoms with Crippen molar-refractivity contribution in [3.63, 3.8) is 0 Å². The van der Waals surface area contributed by atoms with Gasteiger partial charge in [0.2, 0.25) is 11.9 Å². The van der Waals surface area contributed by atoms with Crippen LogP contribution in [-0.4, -0.2) is 42.2 Å². The third-order valence-corrected chi connectivity index (χ3v) is 6.06. The number of amides is 1. The van der Waals surface area contributed by atoms with Crippen molar-refractivity contribution < 1.29 is 9.53 Å². The van der Waals surface area contributed by atoms with Crippen molar-refractivity contribution in [1.82, 2.24) is 9.97 Å². The average molecular weight is 466 g/mol. The topological polar surface area (TPSA) is 79.4 Å². The molecule has 0 aliphatic carbocycles. The Labute approximate surface area is 204 Å². The van der Waals surface area contributed by atoms with Crippen molar-refractivity contribution in [2.45, 2.75) is 6.92 Å². The Morgan fingerprint density at radius 3 is 2.63 bits per heavy atom. The number of anilines is 4. The summed E-state index contributed by atoms with van der Waals surface area (Å²) < 4.78 is 5.44. The van der Waals surface area contributed by atoms with Crippen LogP contribution in [0.15, 0.2) is 79.5 Å². The molecule has 4 aromatic rings. The molecule has 3 aromatic carbocycles. The van der Waals surface area contributed by atoms with E-state index in [1.165, 1.54) is 11.8 Å². The van der Waals surface area contributed by atoms with Gasteiger partial charge in [0.25, 0.3) is 0 Å². The molecule has 7 heteroatoms. The van der Waals surface area contributed by atoms with Crippen molar-refractivity contribution in [2.24, 2.45) is 0 Å². The van der Waals surface area contributed by atoms with Gasteiger partial charge in [-0.1, -0.05) is 30.8 Å². The summed E-state index contributed by atoms with van der Waals surface area (Å²) in [5, 5.41) is 7.11. The Bertz CT molecular complexity index is 1380. The lowest BCUT2D eigenvalue weighted by atomic mass is 9.97. The highest BCUT2D eigenvalue weighted by Gasteiger charge is 2.13. The largest absolute Gasteiger partial charge is 0.378 e. The predicted octanol–water partition coefficient (Wildman–Crippen LogP) is 5.31. The average Bonchev–Trinajstić information content (AvgIpc) is 2.89. The number of ether oxygens (including phenoxy) is 1. The van der Waals surface area contributed by atoms with E-state index in [1.54, 1.807) is 0 Å². The van der Waals surface area contributed by atoms with Gasteiger partial charge in [0, 0.05) is 47.3 Å². The number of fused-ring (bicyclic) bond motifs is 1. The van der Waals surface area contributed by atoms with Gasteiger partial charge in [0.15, 0.2) is 0 Å². The molecule has 0 bridgehead atoms. The molecular weight excluding hydrogens is 438 g/mol. The van der Waals surface area contributed by atoms with Crippen LogP contribution in [0.1, 0.15) is 5.56 Å². The van der Waals surface area contributed by atoms with Gasteiger partial charge in [0.05, 0.1) is 18.7 Å². The first-order chi connectivity index (χ1) is 17.1. The summed E-state index contributed by atoms with van der Waals surface area (Å²) in [6, 6.07) is 20.1. The smallest absolute Gasteiger partial charge is 0.247 e. The van der Waals surface area contributed by atoms with Crippen molar-refractivity contribution in [1.29, 1.82) is 0 Å². The Morgan fingerprint density at radius 2 is 1.86 bits per heavy atom. The molecule has 1 amide bonds. The van der Waals surface area contributed by atoms with E-state index >= 15 is 0 Å². The van der Waals surface area contributed by atoms with Gasteiger partial charge >= 0.3 is 0 Å². The van der Waals surface area contributed by atoms with Gasteiger partial charge in [-0.2, -0.15) is 0 Å². The van der Waals surface area contributed by atoms with Crippen molar-refractivity contribution >= 4 is 39.8 Å². The second kappa shape index (κ2) is 9.95. The van der Waals surface area contributed by atoms with E-state index in [1.807, 2.05) is 48.7 Å². The lowest BCUT2D eigenvalue weighted by Gasteiger charge is -2.28. The zero-order valence-corrected chi connectivity index (χ0v) is 19.6. The van der Waals surface area contributed by atoms with Gasteiger partial charge < -0.3 is 20.3 Å². The van der Waals surface area contributed by atoms with E-state index < -0.39 is 0 Å². The summed E-state index contributed by atoms with van der Waals surface area (Å²) in [6.07, 6.45) is 3.09. The molecule has 0 radical (unpaired) electrons. The molecule has 1 fully saturated rings. The fraction of sp³-hybridized carbons (Fsp3) is 0.179. The molecule has 0 atom stereocenters. The van der Waals surface area contributed by atoms with Crippen molar-refractivity contribution in [3.8, 4) is 11.1 Å². The molecule has 0 saturated carbocycles. The summed E-state index contributed by atoms with van der Waals surface area (Å²) in [7, 11) is 0. The molecule has 7 nitrogen and oxygen atoms in total. The minimum Gasteiger partial charge on any atom is -0.378 e. The second-order valence-corrected chi connectivity index (χ2v) is 8.43. The van der Waals surface area contributed by atoms with Crippen molar-refractivity contribution in [2.75, 3.05) is 41.8 Å². The number of nitrogens with zero attached hydrogens (tertiary/aromatic N) is 3. The van der Waals surface area contributed by atoms with Crippen LogP contribution in [0, 0.1) is 6.92 Å². The van der Waals surface area contributed by atoms with Crippen LogP contribution >= 0.6 is 0 Å². The normalized spacial score (nSPS) is 13.5. The zero-order chi connectivity index (χ0) is 24.2. The summed E-state index contributed by atoms with van der Waals surface area (Å²) in [5.74, 6) is 0.282. The quantitative estimate of drug-likeness (QED) is 0.376. The summed E-state index contributed by atoms with van der Waals surface area (Å²) in [4.78, 5) is 23.5. The third-order valence-electron chi connectivity index (χ3n) is 6.06. The van der Waals surface area contributed by atoms with Crippen LogP contribution in [0.2, 0.25) is 0 Å². The highest BCUT2D eigenvalue weighted by molar-refractivity contribution is 6.00. The van der Waals surface area contributed by atoms with Crippen LogP contribution in [0.3, 0.4) is 0 Å². The Morgan fingerprint density at radius 1 is 1.06 bits per heavy atom. The van der Waals surface area contributed by atoms with Gasteiger partial charge in [-0.3, -0.25) is 4.79 Å². The van der Waals surface area contributed by atoms with Crippen LogP contribution < -0.4 is 15.5 Å². The maximum absolute atomic E-state index is 11.8. The highest BCUT2D eigenvalue weighted by Crippen LogP contribution is 2.33. The summed E-state index contributed by atoms with van der Waals surface area (Å²) >= 11 is 0. The summed E-state index contributed by atoms with van der Waals surface area (Å²) in [5.41, 5.74) is 6.71. The highest BCUT2D eigenvalue weighted by atomic mass is 16.5. The molecule has 1 aliphatic heterocycles. The monoisotopic (exact) mass is 465 g/mol. The lowest BCUT2D eigenvalue weighted by molar-refractivity contribution is -0.111. The molecule has 2 N–H and O–H groups in total. The molecule has 1 aliphatic rings. The zero-order valence-electron chi connectivity index (χ0n) is 19.6. The van der Waals surface area contributed by atoms with E-state index in [0.717, 1.165) is 59.6 Å². The predicted molar refractivity (Wildman–Crippen MR) is 141 cm³/mol. The number of rotatable bonds is 6. The van der Waals surface area contributed by atoms with Crippen LogP contribution in [-0.2, 0) is 9.53 Å². The van der Waals surface area contributed by atoms with Crippen LogP contribution in [0.4, 0.5) is 23.0 Å². The van der Waals surface area contributed by atoms with E-state index in [2.05, 4.69) is 52.2 Å². The van der Waals surface area contributed by atoms with E-state index in [-0.39, 0.29) is 5.91 Å². The number of morpholine rings is 1. The first-order valence-corrected chi connectivity index (χ1v) is 11.6.